The van der Waals surface area contributed by atoms with E-state index < -0.39 is 0 Å². The fourth-order valence-corrected chi connectivity index (χ4v) is 7.56. The van der Waals surface area contributed by atoms with Crippen LogP contribution >= 0.6 is 15.9 Å². The van der Waals surface area contributed by atoms with Crippen molar-refractivity contribution in [1.82, 2.24) is 4.90 Å². The van der Waals surface area contributed by atoms with E-state index in [9.17, 15) is 4.79 Å². The highest BCUT2D eigenvalue weighted by atomic mass is 79.9. The maximum Gasteiger partial charge on any atom is 0.229 e. The van der Waals surface area contributed by atoms with Gasteiger partial charge in [-0.1, -0.05) is 15.9 Å². The molecule has 0 aromatic rings. The molecule has 0 spiro atoms. The van der Waals surface area contributed by atoms with Crippen LogP contribution in [0.3, 0.4) is 0 Å². The normalized spacial score (nSPS) is 50.5. The summed E-state index contributed by atoms with van der Waals surface area (Å²) in [5.74, 6) is 2.13. The van der Waals surface area contributed by atoms with E-state index in [2.05, 4.69) is 27.8 Å². The third kappa shape index (κ3) is 1.99. The highest BCUT2D eigenvalue weighted by Crippen LogP contribution is 2.65. The summed E-state index contributed by atoms with van der Waals surface area (Å²) in [6.45, 7) is 3.26. The molecular formula is C17H26BrNO. The minimum Gasteiger partial charge on any atom is -0.340 e. The summed E-state index contributed by atoms with van der Waals surface area (Å²) >= 11 is 4.03. The van der Waals surface area contributed by atoms with Crippen LogP contribution in [-0.2, 0) is 4.79 Å². The van der Waals surface area contributed by atoms with Gasteiger partial charge in [-0.25, -0.2) is 0 Å². The Morgan fingerprint density at radius 3 is 2.45 bits per heavy atom. The fourth-order valence-electron chi connectivity index (χ4n) is 6.11. The van der Waals surface area contributed by atoms with Crippen LogP contribution in [-0.4, -0.2) is 27.7 Å². The van der Waals surface area contributed by atoms with Crippen molar-refractivity contribution in [2.75, 3.05) is 6.54 Å². The molecule has 5 rings (SSSR count). The lowest BCUT2D eigenvalue weighted by molar-refractivity contribution is -0.158. The molecule has 3 heteroatoms. The molecule has 4 saturated carbocycles. The van der Waals surface area contributed by atoms with Gasteiger partial charge >= 0.3 is 0 Å². The Kier molecular flexibility index (Phi) is 3.04. The van der Waals surface area contributed by atoms with E-state index in [4.69, 9.17) is 0 Å². The van der Waals surface area contributed by atoms with E-state index in [0.29, 0.717) is 16.3 Å². The Morgan fingerprint density at radius 2 is 1.85 bits per heavy atom. The molecule has 4 bridgehead atoms. The van der Waals surface area contributed by atoms with E-state index in [-0.39, 0.29) is 5.41 Å². The second kappa shape index (κ2) is 4.47. The number of hydrogen-bond donors (Lipinski definition) is 0. The van der Waals surface area contributed by atoms with Crippen LogP contribution in [0.2, 0.25) is 0 Å². The van der Waals surface area contributed by atoms with Crippen LogP contribution in [0.15, 0.2) is 0 Å². The molecule has 1 aliphatic heterocycles. The smallest absolute Gasteiger partial charge is 0.229 e. The molecule has 2 nitrogen and oxygen atoms in total. The number of alkyl halides is 1. The summed E-state index contributed by atoms with van der Waals surface area (Å²) in [4.78, 5) is 15.6. The molecule has 0 aromatic heterocycles. The summed E-state index contributed by atoms with van der Waals surface area (Å²) in [6, 6.07) is 0.468. The molecule has 1 amide bonds. The van der Waals surface area contributed by atoms with Gasteiger partial charge in [-0.05, 0) is 76.5 Å². The van der Waals surface area contributed by atoms with Crippen LogP contribution in [0.4, 0.5) is 0 Å². The zero-order valence-corrected chi connectivity index (χ0v) is 14.1. The minimum absolute atomic E-state index is 0.000810. The van der Waals surface area contributed by atoms with Crippen LogP contribution in [0.5, 0.6) is 0 Å². The first kappa shape index (κ1) is 13.6. The molecule has 4 aliphatic carbocycles. The number of piperidine rings is 1. The predicted molar refractivity (Wildman–Crippen MR) is 83.8 cm³/mol. The highest BCUT2D eigenvalue weighted by molar-refractivity contribution is 9.10. The molecule has 0 radical (unpaired) electrons. The van der Waals surface area contributed by atoms with Crippen molar-refractivity contribution in [2.24, 2.45) is 17.3 Å². The van der Waals surface area contributed by atoms with E-state index in [1.54, 1.807) is 0 Å². The Hall–Kier alpha value is -0.0500. The molecule has 112 valence electrons. The summed E-state index contributed by atoms with van der Waals surface area (Å²) in [5.41, 5.74) is -0.000810. The predicted octanol–water partition coefficient (Wildman–Crippen LogP) is 4.12. The molecule has 20 heavy (non-hydrogen) atoms. The molecular weight excluding hydrogens is 314 g/mol. The van der Waals surface area contributed by atoms with Gasteiger partial charge in [-0.2, -0.15) is 0 Å². The zero-order valence-electron chi connectivity index (χ0n) is 12.5. The van der Waals surface area contributed by atoms with Crippen molar-refractivity contribution in [1.29, 1.82) is 0 Å². The van der Waals surface area contributed by atoms with Gasteiger partial charge in [-0.15, -0.1) is 0 Å². The molecule has 3 unspecified atom stereocenters. The fraction of sp³-hybridized carbons (Fsp3) is 0.941. The summed E-state index contributed by atoms with van der Waals surface area (Å²) < 4.78 is 0.297. The lowest BCUT2D eigenvalue weighted by atomic mass is 9.49. The van der Waals surface area contributed by atoms with Crippen LogP contribution in [0.1, 0.15) is 64.7 Å². The summed E-state index contributed by atoms with van der Waals surface area (Å²) in [5, 5.41) is 0. The first-order valence-corrected chi connectivity index (χ1v) is 9.29. The Bertz CT molecular complexity index is 421. The Morgan fingerprint density at radius 1 is 1.15 bits per heavy atom. The highest BCUT2D eigenvalue weighted by Gasteiger charge is 2.60. The lowest BCUT2D eigenvalue weighted by Crippen LogP contribution is -2.60. The molecule has 0 N–H and O–H groups in total. The van der Waals surface area contributed by atoms with Crippen molar-refractivity contribution in [3.8, 4) is 0 Å². The van der Waals surface area contributed by atoms with Crippen LogP contribution in [0, 0.1) is 17.3 Å². The molecule has 1 heterocycles. The molecule has 5 fully saturated rings. The van der Waals surface area contributed by atoms with Crippen LogP contribution in [0.25, 0.3) is 0 Å². The third-order valence-corrected chi connectivity index (χ3v) is 7.44. The zero-order chi connectivity index (χ0) is 14.0. The number of likely N-dealkylation sites (tertiary alicyclic amines) is 1. The Balaban J connectivity index is 1.62. The van der Waals surface area contributed by atoms with Crippen molar-refractivity contribution < 1.29 is 4.79 Å². The van der Waals surface area contributed by atoms with E-state index >= 15 is 0 Å². The first-order valence-electron chi connectivity index (χ1n) is 8.50. The van der Waals surface area contributed by atoms with Gasteiger partial charge in [0.05, 0.1) is 5.41 Å². The molecule has 0 aromatic carbocycles. The van der Waals surface area contributed by atoms with Gasteiger partial charge in [0.25, 0.3) is 0 Å². The quantitative estimate of drug-likeness (QED) is 0.658. The monoisotopic (exact) mass is 339 g/mol. The molecule has 3 atom stereocenters. The largest absolute Gasteiger partial charge is 0.340 e. The number of nitrogens with zero attached hydrogens (tertiary/aromatic N) is 1. The number of hydrogen-bond acceptors (Lipinski definition) is 1. The van der Waals surface area contributed by atoms with Gasteiger partial charge in [0.15, 0.2) is 0 Å². The van der Waals surface area contributed by atoms with Crippen molar-refractivity contribution in [3.63, 3.8) is 0 Å². The third-order valence-electron chi connectivity index (χ3n) is 6.51. The van der Waals surface area contributed by atoms with Crippen molar-refractivity contribution in [2.45, 2.75) is 75.1 Å². The second-order valence-corrected chi connectivity index (χ2v) is 9.92. The Labute approximate surface area is 130 Å². The molecule has 5 aliphatic rings. The maximum absolute atomic E-state index is 13.3. The van der Waals surface area contributed by atoms with E-state index in [0.717, 1.165) is 24.8 Å². The molecule has 1 saturated heterocycles. The number of amides is 1. The van der Waals surface area contributed by atoms with Gasteiger partial charge in [-0.3, -0.25) is 4.79 Å². The number of rotatable bonds is 1. The number of carbonyl (C=O) groups excluding carboxylic acids is 1. The van der Waals surface area contributed by atoms with Crippen LogP contribution < -0.4 is 0 Å². The van der Waals surface area contributed by atoms with E-state index in [1.165, 1.54) is 51.4 Å². The number of carbonyl (C=O) groups is 1. The lowest BCUT2D eigenvalue weighted by Gasteiger charge is -2.60. The van der Waals surface area contributed by atoms with Gasteiger partial charge < -0.3 is 4.90 Å². The number of halogens is 1. The van der Waals surface area contributed by atoms with Crippen molar-refractivity contribution >= 4 is 21.8 Å². The summed E-state index contributed by atoms with van der Waals surface area (Å²) in [6.07, 6.45) is 11.2. The van der Waals surface area contributed by atoms with Gasteiger partial charge in [0.2, 0.25) is 5.91 Å². The first-order chi connectivity index (χ1) is 9.50. The minimum atomic E-state index is -0.000810. The maximum atomic E-state index is 13.3. The summed E-state index contributed by atoms with van der Waals surface area (Å²) in [7, 11) is 0. The topological polar surface area (TPSA) is 20.3 Å². The standard InChI is InChI=1S/C17H26BrNO/c1-12-4-2-3-5-19(12)15(20)16-7-13-6-14(8-16)10-17(18,9-13)11-16/h12-14H,2-11H2,1H3. The van der Waals surface area contributed by atoms with Gasteiger partial charge in [0.1, 0.15) is 0 Å². The average molecular weight is 340 g/mol. The average Bonchev–Trinajstić information content (AvgIpc) is 2.35. The van der Waals surface area contributed by atoms with E-state index in [1.807, 2.05) is 0 Å². The van der Waals surface area contributed by atoms with Gasteiger partial charge in [0, 0.05) is 16.9 Å². The van der Waals surface area contributed by atoms with Crippen molar-refractivity contribution in [3.05, 3.63) is 0 Å². The second-order valence-electron chi connectivity index (χ2n) is 8.24. The SMILES string of the molecule is CC1CCCCN1C(=O)C12CC3CC(CC(Br)(C3)C1)C2.